The number of nitro groups is 1. The summed E-state index contributed by atoms with van der Waals surface area (Å²) in [6, 6.07) is 4.78. The first kappa shape index (κ1) is 14.7. The van der Waals surface area contributed by atoms with E-state index in [1.54, 1.807) is 12.1 Å². The Morgan fingerprint density at radius 1 is 1.50 bits per heavy atom. The second-order valence-corrected chi connectivity index (χ2v) is 4.87. The third kappa shape index (κ3) is 2.90. The lowest BCUT2D eigenvalue weighted by atomic mass is 10.1. The number of nitro benzene ring substituents is 1. The van der Waals surface area contributed by atoms with Crippen LogP contribution in [0.4, 0.5) is 11.4 Å². The van der Waals surface area contributed by atoms with Gasteiger partial charge in [-0.2, -0.15) is 0 Å². The fourth-order valence-corrected chi connectivity index (χ4v) is 2.34. The van der Waals surface area contributed by atoms with Gasteiger partial charge in [0, 0.05) is 24.3 Å². The van der Waals surface area contributed by atoms with Gasteiger partial charge < -0.3 is 19.8 Å². The second-order valence-electron chi connectivity index (χ2n) is 4.87. The molecule has 2 atom stereocenters. The molecule has 0 saturated carbocycles. The summed E-state index contributed by atoms with van der Waals surface area (Å²) >= 11 is 0. The van der Waals surface area contributed by atoms with Crippen LogP contribution in [-0.2, 0) is 11.3 Å². The summed E-state index contributed by atoms with van der Waals surface area (Å²) in [5.41, 5.74) is 0.983. The van der Waals surface area contributed by atoms with Gasteiger partial charge in [0.2, 0.25) is 0 Å². The van der Waals surface area contributed by atoms with E-state index in [2.05, 4.69) is 0 Å². The Morgan fingerprint density at radius 2 is 2.25 bits per heavy atom. The molecule has 1 saturated heterocycles. The van der Waals surface area contributed by atoms with E-state index in [0.717, 1.165) is 5.69 Å². The first-order valence-electron chi connectivity index (χ1n) is 6.44. The van der Waals surface area contributed by atoms with Gasteiger partial charge in [-0.05, 0) is 19.1 Å². The Hall–Kier alpha value is -1.70. The number of morpholine rings is 1. The first-order chi connectivity index (χ1) is 9.56. The minimum atomic E-state index is -0.505. The van der Waals surface area contributed by atoms with Crippen molar-refractivity contribution in [1.82, 2.24) is 0 Å². The Kier molecular flexibility index (Phi) is 4.53. The van der Waals surface area contributed by atoms with Gasteiger partial charge in [0.1, 0.15) is 0 Å². The Balaban J connectivity index is 2.29. The molecule has 0 radical (unpaired) electrons. The molecule has 20 heavy (non-hydrogen) atoms. The zero-order valence-corrected chi connectivity index (χ0v) is 11.2. The number of aliphatic hydroxyl groups excluding tert-OH is 2. The summed E-state index contributed by atoms with van der Waals surface area (Å²) in [6.07, 6.45) is -0.265. The quantitative estimate of drug-likeness (QED) is 0.622. The molecule has 7 nitrogen and oxygen atoms in total. The van der Waals surface area contributed by atoms with E-state index in [0.29, 0.717) is 13.2 Å². The number of hydrogen-bond acceptors (Lipinski definition) is 6. The van der Waals surface area contributed by atoms with E-state index in [9.17, 15) is 20.3 Å². The molecule has 2 unspecified atom stereocenters. The summed E-state index contributed by atoms with van der Waals surface area (Å²) in [7, 11) is 0. The molecule has 1 aliphatic rings. The van der Waals surface area contributed by atoms with E-state index >= 15 is 0 Å². The highest BCUT2D eigenvalue weighted by Gasteiger charge is 2.27. The van der Waals surface area contributed by atoms with Crippen molar-refractivity contribution in [2.45, 2.75) is 25.7 Å². The summed E-state index contributed by atoms with van der Waals surface area (Å²) in [5, 5.41) is 29.3. The second kappa shape index (κ2) is 6.17. The van der Waals surface area contributed by atoms with E-state index in [1.807, 2.05) is 11.8 Å². The Morgan fingerprint density at radius 3 is 2.85 bits per heavy atom. The third-order valence-corrected chi connectivity index (χ3v) is 3.47. The van der Waals surface area contributed by atoms with E-state index in [1.165, 1.54) is 6.07 Å². The topological polar surface area (TPSA) is 96.1 Å². The van der Waals surface area contributed by atoms with Crippen LogP contribution in [-0.4, -0.2) is 47.0 Å². The molecule has 1 fully saturated rings. The molecule has 7 heteroatoms. The third-order valence-electron chi connectivity index (χ3n) is 3.47. The zero-order chi connectivity index (χ0) is 14.7. The lowest BCUT2D eigenvalue weighted by molar-refractivity contribution is -0.385. The zero-order valence-electron chi connectivity index (χ0n) is 11.2. The Bertz CT molecular complexity index is 494. The van der Waals surface area contributed by atoms with Gasteiger partial charge in [-0.1, -0.05) is 0 Å². The summed E-state index contributed by atoms with van der Waals surface area (Å²) in [6.45, 7) is 2.53. The van der Waals surface area contributed by atoms with Crippen molar-refractivity contribution in [2.24, 2.45) is 0 Å². The number of nitrogens with zero attached hydrogens (tertiary/aromatic N) is 2. The van der Waals surface area contributed by atoms with Gasteiger partial charge in [0.15, 0.2) is 0 Å². The molecule has 1 aromatic carbocycles. The summed E-state index contributed by atoms with van der Waals surface area (Å²) in [4.78, 5) is 12.4. The average molecular weight is 282 g/mol. The molecular formula is C13H18N2O5. The predicted octanol–water partition coefficient (Wildman–Crippen LogP) is 0.673. The predicted molar refractivity (Wildman–Crippen MR) is 72.7 cm³/mol. The van der Waals surface area contributed by atoms with Gasteiger partial charge >= 0.3 is 0 Å². The Labute approximate surface area is 116 Å². The van der Waals surface area contributed by atoms with Crippen molar-refractivity contribution in [3.8, 4) is 0 Å². The van der Waals surface area contributed by atoms with Crippen LogP contribution in [0.25, 0.3) is 0 Å². The summed E-state index contributed by atoms with van der Waals surface area (Å²) < 4.78 is 5.46. The standard InChI is InChI=1S/C13H18N2O5/c1-9-8-20-12(7-17)5-14(9)11-2-3-13(15(18)19)10(4-11)6-16/h2-4,9,12,16-17H,5-8H2,1H3. The molecule has 0 amide bonds. The van der Waals surface area contributed by atoms with Crippen molar-refractivity contribution < 1.29 is 19.9 Å². The monoisotopic (exact) mass is 282 g/mol. The van der Waals surface area contributed by atoms with Crippen molar-refractivity contribution in [3.05, 3.63) is 33.9 Å². The first-order valence-corrected chi connectivity index (χ1v) is 6.44. The maximum absolute atomic E-state index is 10.9. The molecule has 2 rings (SSSR count). The maximum atomic E-state index is 10.9. The largest absolute Gasteiger partial charge is 0.394 e. The smallest absolute Gasteiger partial charge is 0.275 e. The van der Waals surface area contributed by atoms with Crippen molar-refractivity contribution in [2.75, 3.05) is 24.7 Å². The lowest BCUT2D eigenvalue weighted by Crippen LogP contribution is -2.49. The molecule has 1 aliphatic heterocycles. The molecule has 0 aliphatic carbocycles. The van der Waals surface area contributed by atoms with Crippen molar-refractivity contribution >= 4 is 11.4 Å². The molecule has 0 aromatic heterocycles. The summed E-state index contributed by atoms with van der Waals surface area (Å²) in [5.74, 6) is 0. The SMILES string of the molecule is CC1COC(CO)CN1c1ccc([N+](=O)[O-])c(CO)c1. The highest BCUT2D eigenvalue weighted by Crippen LogP contribution is 2.28. The van der Waals surface area contributed by atoms with Crippen LogP contribution in [0.5, 0.6) is 0 Å². The number of benzene rings is 1. The lowest BCUT2D eigenvalue weighted by Gasteiger charge is -2.39. The molecule has 1 aromatic rings. The average Bonchev–Trinajstić information content (AvgIpc) is 2.47. The molecule has 2 N–H and O–H groups in total. The number of rotatable bonds is 4. The highest BCUT2D eigenvalue weighted by molar-refractivity contribution is 5.56. The number of aliphatic hydroxyl groups is 2. The number of ether oxygens (including phenoxy) is 1. The van der Waals surface area contributed by atoms with E-state index in [4.69, 9.17) is 4.74 Å². The van der Waals surface area contributed by atoms with Gasteiger partial charge in [-0.15, -0.1) is 0 Å². The van der Waals surface area contributed by atoms with Crippen LogP contribution in [0, 0.1) is 10.1 Å². The highest BCUT2D eigenvalue weighted by atomic mass is 16.6. The van der Waals surface area contributed by atoms with Gasteiger partial charge in [-0.3, -0.25) is 10.1 Å². The van der Waals surface area contributed by atoms with Crippen LogP contribution < -0.4 is 4.90 Å². The van der Waals surface area contributed by atoms with Crippen LogP contribution >= 0.6 is 0 Å². The van der Waals surface area contributed by atoms with E-state index < -0.39 is 4.92 Å². The van der Waals surface area contributed by atoms with Gasteiger partial charge in [0.05, 0.1) is 36.4 Å². The minimum absolute atomic E-state index is 0.0664. The van der Waals surface area contributed by atoms with Gasteiger partial charge in [-0.25, -0.2) is 0 Å². The van der Waals surface area contributed by atoms with Crippen molar-refractivity contribution in [1.29, 1.82) is 0 Å². The van der Waals surface area contributed by atoms with Crippen LogP contribution in [0.15, 0.2) is 18.2 Å². The van der Waals surface area contributed by atoms with Crippen LogP contribution in [0.1, 0.15) is 12.5 Å². The fourth-order valence-electron chi connectivity index (χ4n) is 2.34. The normalized spacial score (nSPS) is 22.9. The number of anilines is 1. The van der Waals surface area contributed by atoms with Gasteiger partial charge in [0.25, 0.3) is 5.69 Å². The molecule has 0 spiro atoms. The van der Waals surface area contributed by atoms with Crippen molar-refractivity contribution in [3.63, 3.8) is 0 Å². The number of hydrogen-bond donors (Lipinski definition) is 2. The maximum Gasteiger partial charge on any atom is 0.275 e. The molecule has 110 valence electrons. The molecule has 1 heterocycles. The van der Waals surface area contributed by atoms with Crippen LogP contribution in [0.2, 0.25) is 0 Å². The van der Waals surface area contributed by atoms with Crippen LogP contribution in [0.3, 0.4) is 0 Å². The molecular weight excluding hydrogens is 264 g/mol. The fraction of sp³-hybridized carbons (Fsp3) is 0.538. The molecule has 0 bridgehead atoms. The van der Waals surface area contributed by atoms with E-state index in [-0.39, 0.29) is 36.6 Å². The minimum Gasteiger partial charge on any atom is -0.394 e.